The maximum atomic E-state index is 12.3. The number of aromatic nitrogens is 3. The number of rotatable bonds is 4. The molecular formula is C19H18N4O2. The number of pyridine rings is 1. The van der Waals surface area contributed by atoms with Gasteiger partial charge in [0.25, 0.3) is 5.91 Å². The number of ether oxygens (including phenoxy) is 1. The molecule has 1 amide bonds. The number of imidazole rings is 1. The summed E-state index contributed by atoms with van der Waals surface area (Å²) in [7, 11) is 0. The number of nitrogens with one attached hydrogen (secondary N) is 1. The van der Waals surface area contributed by atoms with Crippen molar-refractivity contribution < 1.29 is 9.53 Å². The summed E-state index contributed by atoms with van der Waals surface area (Å²) in [5.74, 6) is 1.83. The normalized spacial score (nSPS) is 15.9. The van der Waals surface area contributed by atoms with Crippen molar-refractivity contribution >= 4 is 5.91 Å². The SMILES string of the molecule is O=C(NCC1COc2ccccc2C1)c1ccc(-n2ccnc2)nc1. The standard InChI is InChI=1S/C19H18N4O2/c24-19(16-5-6-18(21-11-16)23-8-7-20-13-23)22-10-14-9-15-3-1-2-4-17(15)25-12-14/h1-8,11,13-14H,9-10,12H2,(H,22,24). The van der Waals surface area contributed by atoms with E-state index in [1.165, 1.54) is 5.56 Å². The summed E-state index contributed by atoms with van der Waals surface area (Å²) >= 11 is 0. The Labute approximate surface area is 145 Å². The van der Waals surface area contributed by atoms with Crippen LogP contribution < -0.4 is 10.1 Å². The second kappa shape index (κ2) is 6.76. The van der Waals surface area contributed by atoms with Crippen molar-refractivity contribution in [1.29, 1.82) is 0 Å². The minimum absolute atomic E-state index is 0.122. The zero-order chi connectivity index (χ0) is 17.1. The summed E-state index contributed by atoms with van der Waals surface area (Å²) in [5.41, 5.74) is 1.74. The van der Waals surface area contributed by atoms with Gasteiger partial charge in [-0.3, -0.25) is 9.36 Å². The third-order valence-corrected chi connectivity index (χ3v) is 4.29. The van der Waals surface area contributed by atoms with Gasteiger partial charge in [-0.05, 0) is 30.2 Å². The average molecular weight is 334 g/mol. The largest absolute Gasteiger partial charge is 0.493 e. The number of benzene rings is 1. The summed E-state index contributed by atoms with van der Waals surface area (Å²) in [6.45, 7) is 1.20. The molecule has 0 spiro atoms. The summed E-state index contributed by atoms with van der Waals surface area (Å²) in [6, 6.07) is 11.6. The third kappa shape index (κ3) is 3.38. The van der Waals surface area contributed by atoms with Crippen LogP contribution in [0, 0.1) is 5.92 Å². The lowest BCUT2D eigenvalue weighted by molar-refractivity contribution is 0.0938. The maximum absolute atomic E-state index is 12.3. The number of hydrogen-bond donors (Lipinski definition) is 1. The molecule has 3 heterocycles. The van der Waals surface area contributed by atoms with Crippen LogP contribution in [-0.4, -0.2) is 33.6 Å². The molecular weight excluding hydrogens is 316 g/mol. The highest BCUT2D eigenvalue weighted by molar-refractivity contribution is 5.93. The van der Waals surface area contributed by atoms with Crippen LogP contribution in [0.4, 0.5) is 0 Å². The zero-order valence-corrected chi connectivity index (χ0v) is 13.6. The van der Waals surface area contributed by atoms with Gasteiger partial charge in [-0.25, -0.2) is 9.97 Å². The van der Waals surface area contributed by atoms with Crippen LogP contribution in [0.2, 0.25) is 0 Å². The number of nitrogens with zero attached hydrogens (tertiary/aromatic N) is 3. The van der Waals surface area contributed by atoms with Gasteiger partial charge < -0.3 is 10.1 Å². The first-order valence-corrected chi connectivity index (χ1v) is 8.23. The van der Waals surface area contributed by atoms with Crippen molar-refractivity contribution in [2.24, 2.45) is 5.92 Å². The van der Waals surface area contributed by atoms with Crippen LogP contribution in [0.1, 0.15) is 15.9 Å². The number of carbonyl (C=O) groups is 1. The first-order valence-electron chi connectivity index (χ1n) is 8.23. The Hall–Kier alpha value is -3.15. The predicted molar refractivity (Wildman–Crippen MR) is 92.8 cm³/mol. The topological polar surface area (TPSA) is 69.0 Å². The van der Waals surface area contributed by atoms with Crippen molar-refractivity contribution in [3.63, 3.8) is 0 Å². The number of amides is 1. The molecule has 6 heteroatoms. The first-order chi connectivity index (χ1) is 12.3. The van der Waals surface area contributed by atoms with Gasteiger partial charge in [0.15, 0.2) is 0 Å². The summed E-state index contributed by atoms with van der Waals surface area (Å²) in [6.07, 6.45) is 7.66. The van der Waals surface area contributed by atoms with E-state index in [1.807, 2.05) is 24.4 Å². The molecule has 1 aliphatic rings. The lowest BCUT2D eigenvalue weighted by atomic mass is 9.97. The Morgan fingerprint density at radius 1 is 1.28 bits per heavy atom. The molecule has 6 nitrogen and oxygen atoms in total. The lowest BCUT2D eigenvalue weighted by Crippen LogP contribution is -2.34. The molecule has 1 aromatic carbocycles. The van der Waals surface area contributed by atoms with Crippen molar-refractivity contribution in [3.05, 3.63) is 72.4 Å². The molecule has 4 rings (SSSR count). The Bertz CT molecular complexity index is 859. The van der Waals surface area contributed by atoms with Gasteiger partial charge in [0.2, 0.25) is 0 Å². The quantitative estimate of drug-likeness (QED) is 0.794. The molecule has 0 fully saturated rings. The Morgan fingerprint density at radius 3 is 3.00 bits per heavy atom. The molecule has 1 aliphatic heterocycles. The van der Waals surface area contributed by atoms with Crippen LogP contribution in [0.15, 0.2) is 61.3 Å². The minimum Gasteiger partial charge on any atom is -0.493 e. The minimum atomic E-state index is -0.122. The lowest BCUT2D eigenvalue weighted by Gasteiger charge is -2.25. The number of fused-ring (bicyclic) bond motifs is 1. The molecule has 0 radical (unpaired) electrons. The van der Waals surface area contributed by atoms with Gasteiger partial charge in [-0.15, -0.1) is 0 Å². The molecule has 0 saturated carbocycles. The van der Waals surface area contributed by atoms with E-state index < -0.39 is 0 Å². The van der Waals surface area contributed by atoms with E-state index in [2.05, 4.69) is 21.4 Å². The van der Waals surface area contributed by atoms with Crippen molar-refractivity contribution in [1.82, 2.24) is 19.9 Å². The predicted octanol–water partition coefficient (Wildman–Crippen LogP) is 2.25. The van der Waals surface area contributed by atoms with Crippen LogP contribution in [0.3, 0.4) is 0 Å². The highest BCUT2D eigenvalue weighted by Crippen LogP contribution is 2.26. The van der Waals surface area contributed by atoms with E-state index in [9.17, 15) is 4.79 Å². The fourth-order valence-electron chi connectivity index (χ4n) is 2.93. The van der Waals surface area contributed by atoms with E-state index in [-0.39, 0.29) is 11.8 Å². The highest BCUT2D eigenvalue weighted by Gasteiger charge is 2.20. The molecule has 126 valence electrons. The van der Waals surface area contributed by atoms with E-state index >= 15 is 0 Å². The Balaban J connectivity index is 1.35. The van der Waals surface area contributed by atoms with Gasteiger partial charge >= 0.3 is 0 Å². The second-order valence-electron chi connectivity index (χ2n) is 6.07. The van der Waals surface area contributed by atoms with Gasteiger partial charge in [0.1, 0.15) is 17.9 Å². The fourth-order valence-corrected chi connectivity index (χ4v) is 2.93. The van der Waals surface area contributed by atoms with Gasteiger partial charge in [-0.2, -0.15) is 0 Å². The van der Waals surface area contributed by atoms with Crippen molar-refractivity contribution in [3.8, 4) is 11.6 Å². The van der Waals surface area contributed by atoms with Gasteiger partial charge in [-0.1, -0.05) is 18.2 Å². The summed E-state index contributed by atoms with van der Waals surface area (Å²) < 4.78 is 7.55. The molecule has 2 aromatic heterocycles. The molecule has 1 atom stereocenters. The molecule has 3 aromatic rings. The third-order valence-electron chi connectivity index (χ3n) is 4.29. The molecule has 25 heavy (non-hydrogen) atoms. The smallest absolute Gasteiger partial charge is 0.252 e. The monoisotopic (exact) mass is 334 g/mol. The highest BCUT2D eigenvalue weighted by atomic mass is 16.5. The number of carbonyl (C=O) groups excluding carboxylic acids is 1. The van der Waals surface area contributed by atoms with Crippen molar-refractivity contribution in [2.75, 3.05) is 13.2 Å². The van der Waals surface area contributed by atoms with E-state index in [4.69, 9.17) is 4.74 Å². The Morgan fingerprint density at radius 2 is 2.20 bits per heavy atom. The molecule has 1 unspecified atom stereocenters. The maximum Gasteiger partial charge on any atom is 0.252 e. The molecule has 0 saturated heterocycles. The Kier molecular flexibility index (Phi) is 4.16. The van der Waals surface area contributed by atoms with Crippen LogP contribution in [-0.2, 0) is 6.42 Å². The van der Waals surface area contributed by atoms with E-state index in [1.54, 1.807) is 35.4 Å². The number of para-hydroxylation sites is 1. The second-order valence-corrected chi connectivity index (χ2v) is 6.07. The summed E-state index contributed by atoms with van der Waals surface area (Å²) in [5, 5.41) is 2.98. The molecule has 0 aliphatic carbocycles. The van der Waals surface area contributed by atoms with E-state index in [0.29, 0.717) is 18.7 Å². The number of hydrogen-bond acceptors (Lipinski definition) is 4. The summed E-state index contributed by atoms with van der Waals surface area (Å²) in [4.78, 5) is 20.6. The van der Waals surface area contributed by atoms with Crippen LogP contribution in [0.5, 0.6) is 5.75 Å². The zero-order valence-electron chi connectivity index (χ0n) is 13.6. The molecule has 1 N–H and O–H groups in total. The van der Waals surface area contributed by atoms with E-state index in [0.717, 1.165) is 18.0 Å². The van der Waals surface area contributed by atoms with Gasteiger partial charge in [0, 0.05) is 31.1 Å². The van der Waals surface area contributed by atoms with Crippen LogP contribution >= 0.6 is 0 Å². The average Bonchev–Trinajstić information content (AvgIpc) is 3.21. The molecule has 0 bridgehead atoms. The van der Waals surface area contributed by atoms with Crippen molar-refractivity contribution in [2.45, 2.75) is 6.42 Å². The van der Waals surface area contributed by atoms with Crippen LogP contribution in [0.25, 0.3) is 5.82 Å². The van der Waals surface area contributed by atoms with Gasteiger partial charge in [0.05, 0.1) is 12.2 Å². The fraction of sp³-hybridized carbons (Fsp3) is 0.211. The first kappa shape index (κ1) is 15.4.